The van der Waals surface area contributed by atoms with E-state index in [1.807, 2.05) is 0 Å². The van der Waals surface area contributed by atoms with Crippen molar-refractivity contribution in [3.05, 3.63) is 30.1 Å². The van der Waals surface area contributed by atoms with Crippen molar-refractivity contribution in [2.45, 2.75) is 25.7 Å². The molecule has 4 aliphatic rings. The first-order valence-corrected chi connectivity index (χ1v) is 11.2. The number of fused-ring (bicyclic) bond motifs is 1. The van der Waals surface area contributed by atoms with Crippen molar-refractivity contribution in [2.75, 3.05) is 17.5 Å². The third-order valence-electron chi connectivity index (χ3n) is 6.14. The molecule has 14 heteroatoms. The number of carbonyl (C=O) groups excluding carboxylic acids is 2. The smallest absolute Gasteiger partial charge is 0.652 e. The number of nitrogens with one attached hydrogen (secondary N) is 1. The number of aromatic hydroxyl groups is 1. The zero-order valence-electron chi connectivity index (χ0n) is 18.7. The van der Waals surface area contributed by atoms with Gasteiger partial charge in [-0.25, -0.2) is 13.4 Å². The number of carbonyl (C=O) groups is 2. The molecule has 3 saturated carbocycles. The van der Waals surface area contributed by atoms with E-state index in [1.165, 1.54) is 31.4 Å². The van der Waals surface area contributed by atoms with Gasteiger partial charge in [0.1, 0.15) is 23.7 Å². The predicted octanol–water partition coefficient (Wildman–Crippen LogP) is -6.00. The number of halogens is 1. The quantitative estimate of drug-likeness (QED) is 0.308. The Kier molecular flexibility index (Phi) is 11.1. The van der Waals surface area contributed by atoms with E-state index in [2.05, 4.69) is 0 Å². The standard InChI is InChI=1S/C19H19FN2O5S.CH2O3.2Cs/c20-17-14-6-13(27-4-3-19-7-11(8-19)9-19)2-1-12(14)5-15(23)18(17)22-10-16(24)21-28(22,25)26;2-1(3)4;;/h1-2,5-6,11,23H,3-4,7-10H2,(H,21,24);(H2,2,3,4);;/q;;2*+1/p-2. The number of amides is 1. The average Bonchev–Trinajstić information content (AvgIpc) is 2.88. The van der Waals surface area contributed by atoms with E-state index in [1.54, 1.807) is 16.9 Å². The van der Waals surface area contributed by atoms with Crippen LogP contribution in [0.25, 0.3) is 10.8 Å². The summed E-state index contributed by atoms with van der Waals surface area (Å²) in [6.45, 7) is -0.0404. The third-order valence-corrected chi connectivity index (χ3v) is 7.52. The van der Waals surface area contributed by atoms with Crippen LogP contribution < -0.4 is 162 Å². The zero-order valence-corrected chi connectivity index (χ0v) is 32.0. The van der Waals surface area contributed by atoms with Gasteiger partial charge in [0.15, 0.2) is 5.82 Å². The molecule has 6 rings (SSSR count). The number of benzene rings is 2. The summed E-state index contributed by atoms with van der Waals surface area (Å²) in [5.74, 6) is -0.871. The summed E-state index contributed by atoms with van der Waals surface area (Å²) >= 11 is 0. The van der Waals surface area contributed by atoms with Crippen LogP contribution in [0.5, 0.6) is 11.5 Å². The molecule has 172 valence electrons. The fourth-order valence-electron chi connectivity index (χ4n) is 4.63. The molecule has 1 aliphatic heterocycles. The molecule has 3 aliphatic carbocycles. The Morgan fingerprint density at radius 1 is 1.24 bits per heavy atom. The van der Waals surface area contributed by atoms with E-state index in [0.29, 0.717) is 27.5 Å². The number of phenols is 1. The topological polar surface area (TPSA) is 159 Å². The third kappa shape index (κ3) is 6.63. The SMILES string of the molecule is O=C([O-])[O-].O=C1CN(c2c(O)cc3ccc(OCCC45CC(C4)C5)cc3c2F)S(=O)(=O)N1.[Cs+].[Cs+]. The summed E-state index contributed by atoms with van der Waals surface area (Å²) < 4.78 is 47.3. The van der Waals surface area contributed by atoms with Crippen LogP contribution in [-0.2, 0) is 15.0 Å². The molecule has 0 aromatic heterocycles. The van der Waals surface area contributed by atoms with Gasteiger partial charge in [-0.1, -0.05) is 6.07 Å². The molecule has 2 aromatic carbocycles. The molecule has 2 bridgehead atoms. The van der Waals surface area contributed by atoms with Crippen LogP contribution in [0.2, 0.25) is 0 Å². The number of hydrogen-bond acceptors (Lipinski definition) is 8. The number of rotatable bonds is 5. The number of ether oxygens (including phenoxy) is 1. The van der Waals surface area contributed by atoms with Crippen molar-refractivity contribution in [3.63, 3.8) is 0 Å². The molecule has 0 radical (unpaired) electrons. The number of carboxylic acid groups (broad SMARTS) is 2. The van der Waals surface area contributed by atoms with Gasteiger partial charge in [0.2, 0.25) is 0 Å². The Morgan fingerprint density at radius 2 is 1.85 bits per heavy atom. The van der Waals surface area contributed by atoms with Gasteiger partial charge >= 0.3 is 148 Å². The molecule has 34 heavy (non-hydrogen) atoms. The van der Waals surface area contributed by atoms with Crippen LogP contribution in [0, 0.1) is 17.2 Å². The Labute approximate surface area is 313 Å². The van der Waals surface area contributed by atoms with E-state index < -0.39 is 46.1 Å². The normalized spacial score (nSPS) is 23.1. The molecule has 1 amide bonds. The van der Waals surface area contributed by atoms with Crippen LogP contribution in [0.4, 0.5) is 14.9 Å². The maximum absolute atomic E-state index is 15.2. The van der Waals surface area contributed by atoms with Gasteiger partial charge in [-0.05, 0) is 66.8 Å². The molecule has 0 spiro atoms. The second-order valence-corrected chi connectivity index (χ2v) is 9.90. The molecule has 2 N–H and O–H groups in total. The van der Waals surface area contributed by atoms with Gasteiger partial charge in [0.05, 0.1) is 6.61 Å². The largest absolute Gasteiger partial charge is 1.00 e. The summed E-state index contributed by atoms with van der Waals surface area (Å²) in [4.78, 5) is 19.8. The van der Waals surface area contributed by atoms with Crippen molar-refractivity contribution >= 4 is 38.7 Å². The number of anilines is 1. The number of hydrogen-bond donors (Lipinski definition) is 2. The minimum atomic E-state index is -4.23. The molecule has 10 nitrogen and oxygen atoms in total. The molecule has 1 saturated heterocycles. The fraction of sp³-hybridized carbons (Fsp3) is 0.400. The zero-order chi connectivity index (χ0) is 23.3. The monoisotopic (exact) mass is 732 g/mol. The van der Waals surface area contributed by atoms with Gasteiger partial charge in [0.25, 0.3) is 5.91 Å². The molecule has 1 heterocycles. The number of nitrogens with zero attached hydrogens (tertiary/aromatic N) is 1. The maximum atomic E-state index is 15.2. The summed E-state index contributed by atoms with van der Waals surface area (Å²) in [5, 5.41) is 27.4. The Hall–Kier alpha value is 0.824. The summed E-state index contributed by atoms with van der Waals surface area (Å²) in [7, 11) is -4.23. The summed E-state index contributed by atoms with van der Waals surface area (Å²) in [6, 6.07) is 6.08. The van der Waals surface area contributed by atoms with Crippen LogP contribution in [0.3, 0.4) is 0 Å². The first kappa shape index (κ1) is 31.0. The van der Waals surface area contributed by atoms with Crippen molar-refractivity contribution in [1.29, 1.82) is 0 Å². The number of phenolic OH excluding ortho intramolecular Hbond substituents is 1. The molecule has 0 atom stereocenters. The Morgan fingerprint density at radius 3 is 2.35 bits per heavy atom. The Bertz CT molecular complexity index is 1210. The molecular weight excluding hydrogens is 713 g/mol. The van der Waals surface area contributed by atoms with E-state index in [-0.39, 0.29) is 143 Å². The van der Waals surface area contributed by atoms with Crippen LogP contribution in [-0.4, -0.2) is 38.7 Å². The molecule has 0 unspecified atom stereocenters. The van der Waals surface area contributed by atoms with Crippen LogP contribution >= 0.6 is 0 Å². The van der Waals surface area contributed by atoms with Crippen molar-refractivity contribution in [1.82, 2.24) is 4.72 Å². The van der Waals surface area contributed by atoms with Gasteiger partial charge in [-0.15, -0.1) is 0 Å². The van der Waals surface area contributed by atoms with Crippen molar-refractivity contribution in [3.8, 4) is 11.5 Å². The van der Waals surface area contributed by atoms with E-state index in [0.717, 1.165) is 12.3 Å². The van der Waals surface area contributed by atoms with E-state index in [4.69, 9.17) is 19.7 Å². The van der Waals surface area contributed by atoms with Crippen molar-refractivity contribution in [2.24, 2.45) is 11.3 Å². The molecular formula is C20H19Cs2FN2O8S. The van der Waals surface area contributed by atoms with Gasteiger partial charge in [-0.2, -0.15) is 8.42 Å². The second kappa shape index (κ2) is 12.1. The maximum Gasteiger partial charge on any atom is 1.00 e. The predicted molar refractivity (Wildman–Crippen MR) is 105 cm³/mol. The van der Waals surface area contributed by atoms with Gasteiger partial charge < -0.3 is 24.9 Å². The fourth-order valence-corrected chi connectivity index (χ4v) is 5.79. The second-order valence-electron chi connectivity index (χ2n) is 8.31. The van der Waals surface area contributed by atoms with Crippen LogP contribution in [0.15, 0.2) is 24.3 Å². The average molecular weight is 732 g/mol. The molecule has 2 aromatic rings. The first-order chi connectivity index (χ1) is 15.0. The van der Waals surface area contributed by atoms with Crippen molar-refractivity contribution < 1.29 is 180 Å². The minimum absolute atomic E-state index is 0. The van der Waals surface area contributed by atoms with E-state index in [9.17, 15) is 18.3 Å². The van der Waals surface area contributed by atoms with Gasteiger partial charge in [-0.3, -0.25) is 4.79 Å². The first-order valence-electron chi connectivity index (χ1n) is 9.79. The summed E-state index contributed by atoms with van der Waals surface area (Å²) in [6.07, 6.45) is 2.48. The Balaban J connectivity index is 0.000000634. The molecule has 4 fully saturated rings. The summed E-state index contributed by atoms with van der Waals surface area (Å²) in [5.41, 5.74) is -0.0908. The van der Waals surface area contributed by atoms with Crippen LogP contribution in [0.1, 0.15) is 25.7 Å². The minimum Gasteiger partial charge on any atom is -0.652 e. The van der Waals surface area contributed by atoms with E-state index >= 15 is 4.39 Å². The van der Waals surface area contributed by atoms with Gasteiger partial charge in [0, 0.05) is 5.39 Å².